The summed E-state index contributed by atoms with van der Waals surface area (Å²) in [6.45, 7) is 1.24. The second-order valence-corrected chi connectivity index (χ2v) is 6.14. The maximum absolute atomic E-state index is 13.9. The lowest BCUT2D eigenvalue weighted by Crippen LogP contribution is -2.29. The first-order chi connectivity index (χ1) is 10.7. The Hall–Kier alpha value is -2.17. The molecule has 0 spiro atoms. The molecule has 2 aliphatic rings. The number of likely N-dealkylation sites (tertiary alicyclic amines) is 1. The van der Waals surface area contributed by atoms with Gasteiger partial charge in [0.2, 0.25) is 0 Å². The quantitative estimate of drug-likeness (QED) is 0.927. The van der Waals surface area contributed by atoms with E-state index < -0.39 is 0 Å². The van der Waals surface area contributed by atoms with Gasteiger partial charge in [-0.05, 0) is 37.3 Å². The van der Waals surface area contributed by atoms with Crippen molar-refractivity contribution in [1.29, 1.82) is 0 Å². The maximum Gasteiger partial charge on any atom is 0.274 e. The minimum absolute atomic E-state index is 0.0155. The number of amides is 1. The third kappa shape index (κ3) is 2.12. The SMILES string of the molecule is O=C(c1n[nH]c2c1CCC2)N1CC[C@H](c2ccccc2F)C1. The molecule has 1 aliphatic heterocycles. The number of hydrogen-bond donors (Lipinski definition) is 1. The minimum atomic E-state index is -0.178. The second kappa shape index (κ2) is 5.23. The van der Waals surface area contributed by atoms with Gasteiger partial charge in [0, 0.05) is 30.3 Å². The number of aryl methyl sites for hydroxylation is 1. The third-order valence-electron chi connectivity index (χ3n) is 4.83. The predicted molar refractivity (Wildman–Crippen MR) is 80.3 cm³/mol. The molecule has 1 aromatic carbocycles. The van der Waals surface area contributed by atoms with Crippen molar-refractivity contribution in [2.24, 2.45) is 0 Å². The summed E-state index contributed by atoms with van der Waals surface area (Å²) in [6.07, 6.45) is 3.80. The topological polar surface area (TPSA) is 49.0 Å². The van der Waals surface area contributed by atoms with Crippen molar-refractivity contribution < 1.29 is 9.18 Å². The molecule has 0 saturated carbocycles. The first-order valence-electron chi connectivity index (χ1n) is 7.84. The number of rotatable bonds is 2. The van der Waals surface area contributed by atoms with Crippen LogP contribution in [0.25, 0.3) is 0 Å². The highest BCUT2D eigenvalue weighted by atomic mass is 19.1. The van der Waals surface area contributed by atoms with E-state index in [1.165, 1.54) is 6.07 Å². The van der Waals surface area contributed by atoms with Crippen LogP contribution in [-0.4, -0.2) is 34.1 Å². The molecule has 4 rings (SSSR count). The van der Waals surface area contributed by atoms with Crippen LogP contribution in [0.2, 0.25) is 0 Å². The fourth-order valence-electron chi connectivity index (χ4n) is 3.65. The van der Waals surface area contributed by atoms with Crippen LogP contribution in [0.15, 0.2) is 24.3 Å². The van der Waals surface area contributed by atoms with Gasteiger partial charge in [-0.3, -0.25) is 9.89 Å². The molecule has 1 aliphatic carbocycles. The van der Waals surface area contributed by atoms with Gasteiger partial charge in [0.1, 0.15) is 5.82 Å². The van der Waals surface area contributed by atoms with Crippen LogP contribution in [0.1, 0.15) is 46.1 Å². The van der Waals surface area contributed by atoms with Crippen LogP contribution in [0, 0.1) is 5.82 Å². The number of halogens is 1. The fraction of sp³-hybridized carbons (Fsp3) is 0.412. The molecule has 0 unspecified atom stereocenters. The van der Waals surface area contributed by atoms with E-state index in [9.17, 15) is 9.18 Å². The normalized spacial score (nSPS) is 20.4. The molecular formula is C17H18FN3O. The molecule has 5 heteroatoms. The summed E-state index contributed by atoms with van der Waals surface area (Å²) in [6, 6.07) is 6.86. The largest absolute Gasteiger partial charge is 0.337 e. The zero-order chi connectivity index (χ0) is 15.1. The Labute approximate surface area is 128 Å². The molecule has 2 aromatic rings. The van der Waals surface area contributed by atoms with Crippen molar-refractivity contribution >= 4 is 5.91 Å². The van der Waals surface area contributed by atoms with Crippen LogP contribution < -0.4 is 0 Å². The lowest BCUT2D eigenvalue weighted by Gasteiger charge is -2.16. The van der Waals surface area contributed by atoms with Gasteiger partial charge in [-0.25, -0.2) is 4.39 Å². The van der Waals surface area contributed by atoms with Gasteiger partial charge in [-0.15, -0.1) is 0 Å². The molecule has 114 valence electrons. The molecular weight excluding hydrogens is 281 g/mol. The number of carbonyl (C=O) groups is 1. The number of aromatic amines is 1. The van der Waals surface area contributed by atoms with Crippen LogP contribution in [0.5, 0.6) is 0 Å². The highest BCUT2D eigenvalue weighted by Gasteiger charge is 2.32. The van der Waals surface area contributed by atoms with Gasteiger partial charge in [-0.2, -0.15) is 5.10 Å². The zero-order valence-electron chi connectivity index (χ0n) is 12.3. The van der Waals surface area contributed by atoms with E-state index >= 15 is 0 Å². The van der Waals surface area contributed by atoms with E-state index in [-0.39, 0.29) is 17.6 Å². The fourth-order valence-corrected chi connectivity index (χ4v) is 3.65. The van der Waals surface area contributed by atoms with Gasteiger partial charge >= 0.3 is 0 Å². The van der Waals surface area contributed by atoms with Gasteiger partial charge in [0.05, 0.1) is 0 Å². The predicted octanol–water partition coefficient (Wildman–Crippen LogP) is 2.67. The lowest BCUT2D eigenvalue weighted by molar-refractivity contribution is 0.0783. The Morgan fingerprint density at radius 1 is 1.32 bits per heavy atom. The highest BCUT2D eigenvalue weighted by Crippen LogP contribution is 2.31. The lowest BCUT2D eigenvalue weighted by atomic mass is 9.98. The molecule has 1 amide bonds. The molecule has 0 radical (unpaired) electrons. The van der Waals surface area contributed by atoms with Gasteiger partial charge in [0.15, 0.2) is 5.69 Å². The average molecular weight is 299 g/mol. The van der Waals surface area contributed by atoms with Gasteiger partial charge in [0.25, 0.3) is 5.91 Å². The molecule has 4 nitrogen and oxygen atoms in total. The van der Waals surface area contributed by atoms with Crippen molar-refractivity contribution in [1.82, 2.24) is 15.1 Å². The number of nitrogens with one attached hydrogen (secondary N) is 1. The summed E-state index contributed by atoms with van der Waals surface area (Å²) in [5.41, 5.74) is 3.47. The van der Waals surface area contributed by atoms with Crippen LogP contribution in [-0.2, 0) is 12.8 Å². The van der Waals surface area contributed by atoms with Crippen molar-refractivity contribution in [3.63, 3.8) is 0 Å². The molecule has 1 N–H and O–H groups in total. The molecule has 2 heterocycles. The summed E-state index contributed by atoms with van der Waals surface area (Å²) in [4.78, 5) is 14.5. The van der Waals surface area contributed by atoms with E-state index in [0.29, 0.717) is 24.3 Å². The average Bonchev–Trinajstić information content (AvgIpc) is 3.23. The number of H-pyrrole nitrogens is 1. The smallest absolute Gasteiger partial charge is 0.274 e. The number of benzene rings is 1. The number of carbonyl (C=O) groups excluding carboxylic acids is 1. The van der Waals surface area contributed by atoms with Gasteiger partial charge < -0.3 is 4.90 Å². The van der Waals surface area contributed by atoms with E-state index in [0.717, 1.165) is 36.9 Å². The number of hydrogen-bond acceptors (Lipinski definition) is 2. The first-order valence-corrected chi connectivity index (χ1v) is 7.84. The summed E-state index contributed by atoms with van der Waals surface area (Å²) in [7, 11) is 0. The van der Waals surface area contributed by atoms with Crippen molar-refractivity contribution in [3.8, 4) is 0 Å². The summed E-state index contributed by atoms with van der Waals surface area (Å²) in [5, 5.41) is 7.19. The molecule has 1 aromatic heterocycles. The van der Waals surface area contributed by atoms with E-state index in [2.05, 4.69) is 10.2 Å². The number of fused-ring (bicyclic) bond motifs is 1. The molecule has 1 saturated heterocycles. The van der Waals surface area contributed by atoms with E-state index in [4.69, 9.17) is 0 Å². The Bertz CT molecular complexity index is 724. The molecule has 1 atom stereocenters. The second-order valence-electron chi connectivity index (χ2n) is 6.14. The van der Waals surface area contributed by atoms with Crippen molar-refractivity contribution in [2.75, 3.05) is 13.1 Å². The summed E-state index contributed by atoms with van der Waals surface area (Å²) >= 11 is 0. The summed E-state index contributed by atoms with van der Waals surface area (Å²) < 4.78 is 13.9. The van der Waals surface area contributed by atoms with Gasteiger partial charge in [-0.1, -0.05) is 18.2 Å². The van der Waals surface area contributed by atoms with Crippen molar-refractivity contribution in [2.45, 2.75) is 31.6 Å². The highest BCUT2D eigenvalue weighted by molar-refractivity contribution is 5.94. The number of aromatic nitrogens is 2. The molecule has 1 fully saturated rings. The van der Waals surface area contributed by atoms with Crippen LogP contribution in [0.4, 0.5) is 4.39 Å². The third-order valence-corrected chi connectivity index (χ3v) is 4.83. The summed E-state index contributed by atoms with van der Waals surface area (Å²) in [5.74, 6) is -0.113. The number of nitrogens with zero attached hydrogens (tertiary/aromatic N) is 2. The standard InChI is InChI=1S/C17H18FN3O/c18-14-6-2-1-4-12(14)11-8-9-21(10-11)17(22)16-13-5-3-7-15(13)19-20-16/h1-2,4,6,11H,3,5,7-10H2,(H,19,20)/t11-/m0/s1. The maximum atomic E-state index is 13.9. The Balaban J connectivity index is 1.53. The Morgan fingerprint density at radius 2 is 2.18 bits per heavy atom. The van der Waals surface area contributed by atoms with Crippen LogP contribution >= 0.6 is 0 Å². The van der Waals surface area contributed by atoms with E-state index in [1.54, 1.807) is 6.07 Å². The zero-order valence-corrected chi connectivity index (χ0v) is 12.3. The molecule has 22 heavy (non-hydrogen) atoms. The minimum Gasteiger partial charge on any atom is -0.337 e. The van der Waals surface area contributed by atoms with Crippen LogP contribution in [0.3, 0.4) is 0 Å². The Kier molecular flexibility index (Phi) is 3.21. The monoisotopic (exact) mass is 299 g/mol. The van der Waals surface area contributed by atoms with Crippen molar-refractivity contribution in [3.05, 3.63) is 52.6 Å². The Morgan fingerprint density at radius 3 is 3.05 bits per heavy atom. The first kappa shape index (κ1) is 13.5. The van der Waals surface area contributed by atoms with E-state index in [1.807, 2.05) is 17.0 Å². The molecule has 0 bridgehead atoms.